The number of likely N-dealkylation sites (tertiary alicyclic amines) is 1. The average Bonchev–Trinajstić information content (AvgIpc) is 3.01. The van der Waals surface area contributed by atoms with Gasteiger partial charge in [0.15, 0.2) is 4.34 Å². The van der Waals surface area contributed by atoms with Crippen molar-refractivity contribution in [2.45, 2.75) is 16.9 Å². The normalized spacial score (nSPS) is 19.2. The maximum absolute atomic E-state index is 12.0. The highest BCUT2D eigenvalue weighted by molar-refractivity contribution is 8.01. The van der Waals surface area contributed by atoms with Crippen LogP contribution in [0, 0.1) is 0 Å². The number of hydrogen-bond donors (Lipinski definition) is 1. The molecule has 1 saturated heterocycles. The second kappa shape index (κ2) is 5.48. The Morgan fingerprint density at radius 3 is 3.11 bits per heavy atom. The number of aliphatic hydroxyl groups is 1. The molecule has 1 aromatic carbocycles. The summed E-state index contributed by atoms with van der Waals surface area (Å²) in [4.78, 5) is 18.2. The third-order valence-electron chi connectivity index (χ3n) is 3.11. The molecule has 0 unspecified atom stereocenters. The van der Waals surface area contributed by atoms with Gasteiger partial charge in [-0.15, -0.1) is 11.3 Å². The number of carbonyl (C=O) groups excluding carboxylic acids is 1. The summed E-state index contributed by atoms with van der Waals surface area (Å²) < 4.78 is 2.07. The second-order valence-corrected chi connectivity index (χ2v) is 6.77. The molecule has 4 nitrogen and oxygen atoms in total. The number of aliphatic hydroxyl groups excluding tert-OH is 1. The summed E-state index contributed by atoms with van der Waals surface area (Å²) in [7, 11) is 0. The smallest absolute Gasteiger partial charge is 0.233 e. The Morgan fingerprint density at radius 2 is 2.37 bits per heavy atom. The third kappa shape index (κ3) is 2.91. The number of aromatic nitrogens is 1. The van der Waals surface area contributed by atoms with Gasteiger partial charge in [-0.25, -0.2) is 4.98 Å². The van der Waals surface area contributed by atoms with E-state index in [4.69, 9.17) is 0 Å². The molecule has 0 radical (unpaired) electrons. The Kier molecular flexibility index (Phi) is 3.72. The quantitative estimate of drug-likeness (QED) is 0.880. The van der Waals surface area contributed by atoms with Gasteiger partial charge in [-0.2, -0.15) is 0 Å². The lowest BCUT2D eigenvalue weighted by molar-refractivity contribution is -0.127. The van der Waals surface area contributed by atoms with E-state index in [1.54, 1.807) is 16.2 Å². The lowest BCUT2D eigenvalue weighted by atomic mass is 10.3. The number of amides is 1. The molecular weight excluding hydrogens is 280 g/mol. The van der Waals surface area contributed by atoms with E-state index in [-0.39, 0.29) is 12.0 Å². The predicted molar refractivity (Wildman–Crippen MR) is 77.5 cm³/mol. The van der Waals surface area contributed by atoms with E-state index in [0.29, 0.717) is 25.3 Å². The van der Waals surface area contributed by atoms with Gasteiger partial charge in [0.25, 0.3) is 0 Å². The molecule has 2 heterocycles. The van der Waals surface area contributed by atoms with Crippen LogP contribution >= 0.6 is 23.1 Å². The molecule has 1 aliphatic rings. The van der Waals surface area contributed by atoms with Gasteiger partial charge >= 0.3 is 0 Å². The Bertz CT molecular complexity index is 566. The van der Waals surface area contributed by atoms with Gasteiger partial charge in [0, 0.05) is 13.1 Å². The number of benzene rings is 1. The van der Waals surface area contributed by atoms with Crippen LogP contribution in [0.2, 0.25) is 0 Å². The Morgan fingerprint density at radius 1 is 1.53 bits per heavy atom. The van der Waals surface area contributed by atoms with Crippen LogP contribution in [-0.4, -0.2) is 45.8 Å². The summed E-state index contributed by atoms with van der Waals surface area (Å²) in [6.45, 7) is 1.14. The van der Waals surface area contributed by atoms with Crippen molar-refractivity contribution in [1.29, 1.82) is 0 Å². The van der Waals surface area contributed by atoms with Gasteiger partial charge < -0.3 is 10.0 Å². The first kappa shape index (κ1) is 12.9. The first-order chi connectivity index (χ1) is 9.22. The van der Waals surface area contributed by atoms with Crippen LogP contribution in [-0.2, 0) is 4.79 Å². The van der Waals surface area contributed by atoms with Gasteiger partial charge in [-0.3, -0.25) is 4.79 Å². The molecule has 2 aromatic rings. The Hall–Kier alpha value is -1.11. The minimum Gasteiger partial charge on any atom is -0.391 e. The fraction of sp³-hybridized carbons (Fsp3) is 0.385. The summed E-state index contributed by atoms with van der Waals surface area (Å²) in [6, 6.07) is 7.98. The van der Waals surface area contributed by atoms with Crippen LogP contribution < -0.4 is 0 Å². The Labute approximate surface area is 119 Å². The van der Waals surface area contributed by atoms with Gasteiger partial charge in [0.1, 0.15) is 0 Å². The first-order valence-electron chi connectivity index (χ1n) is 6.16. The summed E-state index contributed by atoms with van der Waals surface area (Å²) in [6.07, 6.45) is 0.341. The van der Waals surface area contributed by atoms with E-state index in [2.05, 4.69) is 4.98 Å². The topological polar surface area (TPSA) is 53.4 Å². The minimum atomic E-state index is -0.351. The fourth-order valence-corrected chi connectivity index (χ4v) is 4.07. The summed E-state index contributed by atoms with van der Waals surface area (Å²) >= 11 is 3.09. The van der Waals surface area contributed by atoms with Crippen LogP contribution in [0.3, 0.4) is 0 Å². The zero-order valence-electron chi connectivity index (χ0n) is 10.3. The highest BCUT2D eigenvalue weighted by Crippen LogP contribution is 2.29. The third-order valence-corrected chi connectivity index (χ3v) is 5.27. The van der Waals surface area contributed by atoms with Crippen molar-refractivity contribution >= 4 is 39.2 Å². The summed E-state index contributed by atoms with van der Waals surface area (Å²) in [5.74, 6) is 0.479. The summed E-state index contributed by atoms with van der Waals surface area (Å²) in [5, 5.41) is 9.42. The number of thioether (sulfide) groups is 1. The van der Waals surface area contributed by atoms with Gasteiger partial charge in [0.2, 0.25) is 5.91 Å². The number of fused-ring (bicyclic) bond motifs is 1. The van der Waals surface area contributed by atoms with Gasteiger partial charge in [0.05, 0.1) is 22.1 Å². The van der Waals surface area contributed by atoms with Crippen LogP contribution in [0.4, 0.5) is 0 Å². The maximum Gasteiger partial charge on any atom is 0.233 e. The largest absolute Gasteiger partial charge is 0.391 e. The molecule has 100 valence electrons. The molecule has 1 N–H and O–H groups in total. The standard InChI is InChI=1S/C13H14N2O2S2/c16-9-5-6-15(7-9)12(17)8-18-13-14-10-3-1-2-4-11(10)19-13/h1-4,9,16H,5-8H2/t9-/m1/s1. The van der Waals surface area contributed by atoms with E-state index in [0.717, 1.165) is 14.6 Å². The minimum absolute atomic E-state index is 0.0841. The lowest BCUT2D eigenvalue weighted by Gasteiger charge is -2.14. The number of hydrogen-bond acceptors (Lipinski definition) is 5. The molecule has 1 atom stereocenters. The molecule has 1 aromatic heterocycles. The molecule has 1 amide bonds. The number of β-amino-alcohol motifs (C(OH)–C–C–N with tert-alkyl or cyclic N) is 1. The predicted octanol–water partition coefficient (Wildman–Crippen LogP) is 1.98. The maximum atomic E-state index is 12.0. The molecule has 1 fully saturated rings. The van der Waals surface area contributed by atoms with Crippen LogP contribution in [0.5, 0.6) is 0 Å². The van der Waals surface area contributed by atoms with Crippen LogP contribution in [0.25, 0.3) is 10.2 Å². The van der Waals surface area contributed by atoms with Gasteiger partial charge in [-0.1, -0.05) is 23.9 Å². The molecule has 19 heavy (non-hydrogen) atoms. The molecule has 0 saturated carbocycles. The molecule has 0 spiro atoms. The number of thiazole rings is 1. The first-order valence-corrected chi connectivity index (χ1v) is 7.97. The fourth-order valence-electron chi connectivity index (χ4n) is 2.10. The summed E-state index contributed by atoms with van der Waals surface area (Å²) in [5.41, 5.74) is 0.985. The van der Waals surface area contributed by atoms with Crippen molar-refractivity contribution in [3.63, 3.8) is 0 Å². The average molecular weight is 294 g/mol. The van der Waals surface area contributed by atoms with Crippen molar-refractivity contribution in [2.75, 3.05) is 18.8 Å². The SMILES string of the molecule is O=C(CSc1nc2ccccc2s1)N1CC[C@@H](O)C1. The number of para-hydroxylation sites is 1. The number of carbonyl (C=O) groups is 1. The Balaban J connectivity index is 1.61. The van der Waals surface area contributed by atoms with Crippen molar-refractivity contribution in [2.24, 2.45) is 0 Å². The van der Waals surface area contributed by atoms with E-state index in [1.807, 2.05) is 24.3 Å². The van der Waals surface area contributed by atoms with Crippen molar-refractivity contribution < 1.29 is 9.90 Å². The second-order valence-electron chi connectivity index (χ2n) is 4.52. The van der Waals surface area contributed by atoms with E-state index >= 15 is 0 Å². The van der Waals surface area contributed by atoms with E-state index in [1.165, 1.54) is 11.8 Å². The number of rotatable bonds is 3. The van der Waals surface area contributed by atoms with E-state index in [9.17, 15) is 9.90 Å². The molecule has 0 bridgehead atoms. The highest BCUT2D eigenvalue weighted by Gasteiger charge is 2.24. The van der Waals surface area contributed by atoms with Gasteiger partial charge in [-0.05, 0) is 18.6 Å². The number of nitrogens with zero attached hydrogens (tertiary/aromatic N) is 2. The molecular formula is C13H14N2O2S2. The van der Waals surface area contributed by atoms with E-state index < -0.39 is 0 Å². The van der Waals surface area contributed by atoms with Crippen LogP contribution in [0.1, 0.15) is 6.42 Å². The molecule has 0 aliphatic carbocycles. The van der Waals surface area contributed by atoms with Crippen LogP contribution in [0.15, 0.2) is 28.6 Å². The molecule has 6 heteroatoms. The van der Waals surface area contributed by atoms with Crippen molar-refractivity contribution in [3.05, 3.63) is 24.3 Å². The van der Waals surface area contributed by atoms with Crippen molar-refractivity contribution in [3.8, 4) is 0 Å². The zero-order valence-corrected chi connectivity index (χ0v) is 11.9. The van der Waals surface area contributed by atoms with Crippen molar-refractivity contribution in [1.82, 2.24) is 9.88 Å². The lowest BCUT2D eigenvalue weighted by Crippen LogP contribution is -2.30. The molecule has 3 rings (SSSR count). The molecule has 1 aliphatic heterocycles. The highest BCUT2D eigenvalue weighted by atomic mass is 32.2. The zero-order chi connectivity index (χ0) is 13.2. The monoisotopic (exact) mass is 294 g/mol.